The Bertz CT molecular complexity index is 772. The van der Waals surface area contributed by atoms with Crippen LogP contribution in [0.4, 0.5) is 0 Å². The lowest BCUT2D eigenvalue weighted by atomic mass is 10.2. The van der Waals surface area contributed by atoms with Crippen LogP contribution in [0.15, 0.2) is 53.4 Å². The highest BCUT2D eigenvalue weighted by Crippen LogP contribution is 2.24. The van der Waals surface area contributed by atoms with Crippen LogP contribution in [0.5, 0.6) is 5.75 Å². The lowest BCUT2D eigenvalue weighted by molar-refractivity contribution is -0.255. The van der Waals surface area contributed by atoms with Crippen molar-refractivity contribution < 1.29 is 23.1 Å². The number of hydrogen-bond donors (Lipinski definition) is 1. The molecule has 0 aliphatic heterocycles. The van der Waals surface area contributed by atoms with Gasteiger partial charge < -0.3 is 14.6 Å². The molecule has 0 spiro atoms. The standard InChI is InChI=1S/C15H15NO5S/c1-21-13-8-7-12(15(17)18)9-14(13)22(19,20)16-10-11-5-3-2-4-6-11/h2-9,16H,10H2,1H3,(H,17,18)/p-1. The molecule has 0 heterocycles. The fourth-order valence-corrected chi connectivity index (χ4v) is 3.08. The van der Waals surface area contributed by atoms with Crippen molar-refractivity contribution in [1.29, 1.82) is 0 Å². The van der Waals surface area contributed by atoms with E-state index in [1.54, 1.807) is 24.3 Å². The minimum Gasteiger partial charge on any atom is -0.545 e. The van der Waals surface area contributed by atoms with Gasteiger partial charge in [-0.2, -0.15) is 0 Å². The first-order valence-electron chi connectivity index (χ1n) is 6.37. The first-order valence-corrected chi connectivity index (χ1v) is 7.85. The molecule has 0 unspecified atom stereocenters. The van der Waals surface area contributed by atoms with E-state index in [0.717, 1.165) is 11.6 Å². The van der Waals surface area contributed by atoms with E-state index in [-0.39, 0.29) is 22.8 Å². The van der Waals surface area contributed by atoms with Gasteiger partial charge in [0, 0.05) is 6.54 Å². The van der Waals surface area contributed by atoms with E-state index in [1.165, 1.54) is 19.2 Å². The maximum absolute atomic E-state index is 12.4. The fraction of sp³-hybridized carbons (Fsp3) is 0.133. The highest BCUT2D eigenvalue weighted by molar-refractivity contribution is 7.89. The number of methoxy groups -OCH3 is 1. The molecule has 0 fully saturated rings. The van der Waals surface area contributed by atoms with Gasteiger partial charge in [-0.3, -0.25) is 0 Å². The monoisotopic (exact) mass is 320 g/mol. The molecule has 2 rings (SSSR count). The van der Waals surface area contributed by atoms with Gasteiger partial charge in [0.15, 0.2) is 0 Å². The molecule has 6 nitrogen and oxygen atoms in total. The average molecular weight is 320 g/mol. The largest absolute Gasteiger partial charge is 0.545 e. The van der Waals surface area contributed by atoms with Crippen LogP contribution in [-0.2, 0) is 16.6 Å². The predicted molar refractivity (Wildman–Crippen MR) is 77.8 cm³/mol. The minimum absolute atomic E-state index is 0.0607. The molecule has 0 bridgehead atoms. The SMILES string of the molecule is COc1ccc(C(=O)[O-])cc1S(=O)(=O)NCc1ccccc1. The molecule has 22 heavy (non-hydrogen) atoms. The van der Waals surface area contributed by atoms with Crippen molar-refractivity contribution in [2.75, 3.05) is 7.11 Å². The number of aromatic carboxylic acids is 1. The predicted octanol–water partition coefficient (Wildman–Crippen LogP) is 0.537. The second-order valence-corrected chi connectivity index (χ2v) is 6.20. The van der Waals surface area contributed by atoms with Crippen LogP contribution in [0.3, 0.4) is 0 Å². The maximum atomic E-state index is 12.4. The van der Waals surface area contributed by atoms with Crippen LogP contribution in [0.1, 0.15) is 15.9 Å². The number of sulfonamides is 1. The summed E-state index contributed by atoms with van der Waals surface area (Å²) in [7, 11) is -2.61. The quantitative estimate of drug-likeness (QED) is 0.838. The van der Waals surface area contributed by atoms with Crippen LogP contribution in [-0.4, -0.2) is 21.5 Å². The van der Waals surface area contributed by atoms with E-state index in [1.807, 2.05) is 6.07 Å². The van der Waals surface area contributed by atoms with Crippen LogP contribution >= 0.6 is 0 Å². The molecule has 0 atom stereocenters. The number of nitrogens with one attached hydrogen (secondary N) is 1. The number of carboxylic acids is 1. The molecule has 0 amide bonds. The van der Waals surface area contributed by atoms with Gasteiger partial charge in [0.05, 0.1) is 13.1 Å². The Morgan fingerprint density at radius 1 is 1.18 bits per heavy atom. The summed E-state index contributed by atoms with van der Waals surface area (Å²) in [6, 6.07) is 12.5. The zero-order chi connectivity index (χ0) is 16.2. The molecular formula is C15H14NO5S-. The Morgan fingerprint density at radius 3 is 2.45 bits per heavy atom. The van der Waals surface area contributed by atoms with Crippen LogP contribution in [0.25, 0.3) is 0 Å². The average Bonchev–Trinajstić information content (AvgIpc) is 2.53. The van der Waals surface area contributed by atoms with Crippen molar-refractivity contribution in [2.24, 2.45) is 0 Å². The number of rotatable bonds is 6. The number of carbonyl (C=O) groups excluding carboxylic acids is 1. The smallest absolute Gasteiger partial charge is 0.244 e. The molecule has 2 aromatic rings. The van der Waals surface area contributed by atoms with Crippen molar-refractivity contribution in [3.05, 3.63) is 59.7 Å². The number of ether oxygens (including phenoxy) is 1. The van der Waals surface area contributed by atoms with Gasteiger partial charge in [-0.25, -0.2) is 13.1 Å². The summed E-state index contributed by atoms with van der Waals surface area (Å²) in [5, 5.41) is 10.9. The molecule has 116 valence electrons. The number of carbonyl (C=O) groups is 1. The van der Waals surface area contributed by atoms with Gasteiger partial charge >= 0.3 is 0 Å². The Hall–Kier alpha value is -2.38. The fourth-order valence-electron chi connectivity index (χ4n) is 1.87. The molecule has 0 aliphatic carbocycles. The molecule has 0 aromatic heterocycles. The summed E-state index contributed by atoms with van der Waals surface area (Å²) in [5.74, 6) is -1.40. The Morgan fingerprint density at radius 2 is 1.86 bits per heavy atom. The number of carboxylic acid groups (broad SMARTS) is 1. The maximum Gasteiger partial charge on any atom is 0.244 e. The molecule has 0 saturated heterocycles. The van der Waals surface area contributed by atoms with E-state index in [4.69, 9.17) is 4.74 Å². The van der Waals surface area contributed by atoms with E-state index in [0.29, 0.717) is 0 Å². The van der Waals surface area contributed by atoms with E-state index < -0.39 is 16.0 Å². The molecule has 0 aliphatic rings. The number of hydrogen-bond acceptors (Lipinski definition) is 5. The van der Waals surface area contributed by atoms with E-state index in [9.17, 15) is 18.3 Å². The van der Waals surface area contributed by atoms with Crippen molar-refractivity contribution in [3.8, 4) is 5.75 Å². The summed E-state index contributed by atoms with van der Waals surface area (Å²) in [4.78, 5) is 10.6. The molecular weight excluding hydrogens is 306 g/mol. The topological polar surface area (TPSA) is 95.5 Å². The van der Waals surface area contributed by atoms with Gasteiger partial charge in [0.25, 0.3) is 0 Å². The molecule has 7 heteroatoms. The van der Waals surface area contributed by atoms with Gasteiger partial charge in [-0.05, 0) is 29.3 Å². The van der Waals surface area contributed by atoms with Crippen molar-refractivity contribution >= 4 is 16.0 Å². The Labute approximate surface area is 128 Å². The third-order valence-corrected chi connectivity index (χ3v) is 4.42. The first kappa shape index (κ1) is 16.0. The zero-order valence-corrected chi connectivity index (χ0v) is 12.6. The van der Waals surface area contributed by atoms with Gasteiger partial charge in [-0.1, -0.05) is 30.3 Å². The third-order valence-electron chi connectivity index (χ3n) is 3.00. The molecule has 0 radical (unpaired) electrons. The van der Waals surface area contributed by atoms with Gasteiger partial charge in [-0.15, -0.1) is 0 Å². The lowest BCUT2D eigenvalue weighted by Gasteiger charge is -2.13. The molecule has 0 saturated carbocycles. The lowest BCUT2D eigenvalue weighted by Crippen LogP contribution is -2.26. The van der Waals surface area contributed by atoms with E-state index >= 15 is 0 Å². The second-order valence-electron chi connectivity index (χ2n) is 4.46. The third kappa shape index (κ3) is 3.63. The second kappa shape index (κ2) is 6.59. The van der Waals surface area contributed by atoms with Gasteiger partial charge in [0.1, 0.15) is 10.6 Å². The van der Waals surface area contributed by atoms with E-state index in [2.05, 4.69) is 4.72 Å². The summed E-state index contributed by atoms with van der Waals surface area (Å²) >= 11 is 0. The molecule has 1 N–H and O–H groups in total. The van der Waals surface area contributed by atoms with Crippen molar-refractivity contribution in [1.82, 2.24) is 4.72 Å². The van der Waals surface area contributed by atoms with Crippen molar-refractivity contribution in [2.45, 2.75) is 11.4 Å². The normalized spacial score (nSPS) is 11.1. The summed E-state index contributed by atoms with van der Waals surface area (Å²) in [6.07, 6.45) is 0. The van der Waals surface area contributed by atoms with Crippen molar-refractivity contribution in [3.63, 3.8) is 0 Å². The first-order chi connectivity index (χ1) is 10.4. The summed E-state index contributed by atoms with van der Waals surface area (Å²) in [5.41, 5.74) is 0.544. The van der Waals surface area contributed by atoms with Gasteiger partial charge in [0.2, 0.25) is 10.0 Å². The van der Waals surface area contributed by atoms with Crippen LogP contribution in [0.2, 0.25) is 0 Å². The summed E-state index contributed by atoms with van der Waals surface area (Å²) in [6.45, 7) is 0.0852. The highest BCUT2D eigenvalue weighted by atomic mass is 32.2. The van der Waals surface area contributed by atoms with Crippen LogP contribution < -0.4 is 14.6 Å². The minimum atomic E-state index is -3.92. The Balaban J connectivity index is 2.31. The molecule has 2 aromatic carbocycles. The zero-order valence-electron chi connectivity index (χ0n) is 11.8. The van der Waals surface area contributed by atoms with Crippen LogP contribution in [0, 0.1) is 0 Å². The number of benzene rings is 2. The highest BCUT2D eigenvalue weighted by Gasteiger charge is 2.20. The Kier molecular flexibility index (Phi) is 4.79. The summed E-state index contributed by atoms with van der Waals surface area (Å²) < 4.78 is 32.1.